The number of amides is 1. The lowest BCUT2D eigenvalue weighted by Gasteiger charge is -2.17. The van der Waals surface area contributed by atoms with Gasteiger partial charge in [-0.3, -0.25) is 4.68 Å². The first kappa shape index (κ1) is 18.7. The standard InChI is InChI=1S/C21H20N4O4/c1-25-11-13(23-24-25)10-19(20(26)27)22-21(28)29-12-18-16-8-4-2-6-14(16)15-7-3-5-9-17(15)18/h2-9,11,18-19H,10,12H2,1H3,(H,22,28)(H,26,27). The SMILES string of the molecule is Cn1cc(CC(NC(=O)OCC2c3ccccc3-c3ccccc32)C(=O)O)nn1. The molecule has 1 heterocycles. The Bertz CT molecular complexity index is 1020. The number of hydrogen-bond acceptors (Lipinski definition) is 5. The summed E-state index contributed by atoms with van der Waals surface area (Å²) >= 11 is 0. The summed E-state index contributed by atoms with van der Waals surface area (Å²) in [5.74, 6) is -1.25. The minimum absolute atomic E-state index is 0.0212. The molecule has 0 bridgehead atoms. The molecule has 1 aliphatic carbocycles. The molecule has 1 atom stereocenters. The Morgan fingerprint density at radius 3 is 2.31 bits per heavy atom. The lowest BCUT2D eigenvalue weighted by molar-refractivity contribution is -0.139. The monoisotopic (exact) mass is 392 g/mol. The first-order valence-electron chi connectivity index (χ1n) is 9.22. The molecule has 2 aromatic carbocycles. The lowest BCUT2D eigenvalue weighted by atomic mass is 9.98. The molecule has 29 heavy (non-hydrogen) atoms. The molecule has 4 rings (SSSR count). The Labute approximate surface area is 167 Å². The van der Waals surface area contributed by atoms with Gasteiger partial charge in [0.2, 0.25) is 0 Å². The molecule has 3 aromatic rings. The van der Waals surface area contributed by atoms with E-state index in [1.807, 2.05) is 36.4 Å². The summed E-state index contributed by atoms with van der Waals surface area (Å²) in [6.45, 7) is 0.122. The van der Waals surface area contributed by atoms with Crippen LogP contribution in [0.4, 0.5) is 4.79 Å². The summed E-state index contributed by atoms with van der Waals surface area (Å²) in [5, 5.41) is 19.4. The number of carbonyl (C=O) groups excluding carboxylic acids is 1. The summed E-state index contributed by atoms with van der Waals surface area (Å²) in [7, 11) is 1.69. The lowest BCUT2D eigenvalue weighted by Crippen LogP contribution is -2.43. The van der Waals surface area contributed by atoms with E-state index in [0.717, 1.165) is 22.3 Å². The highest BCUT2D eigenvalue weighted by molar-refractivity contribution is 5.81. The zero-order valence-electron chi connectivity index (χ0n) is 15.8. The van der Waals surface area contributed by atoms with Crippen molar-refractivity contribution in [1.82, 2.24) is 20.3 Å². The molecule has 1 aliphatic rings. The molecule has 0 saturated heterocycles. The van der Waals surface area contributed by atoms with Crippen LogP contribution in [-0.2, 0) is 23.0 Å². The second-order valence-corrected chi connectivity index (χ2v) is 6.95. The van der Waals surface area contributed by atoms with Gasteiger partial charge in [0.05, 0.1) is 5.69 Å². The molecule has 0 aliphatic heterocycles. The van der Waals surface area contributed by atoms with E-state index in [0.29, 0.717) is 5.69 Å². The van der Waals surface area contributed by atoms with Gasteiger partial charge in [-0.2, -0.15) is 0 Å². The summed E-state index contributed by atoms with van der Waals surface area (Å²) in [6, 6.07) is 14.9. The minimum Gasteiger partial charge on any atom is -0.480 e. The zero-order chi connectivity index (χ0) is 20.4. The summed E-state index contributed by atoms with van der Waals surface area (Å²) in [4.78, 5) is 23.8. The Morgan fingerprint density at radius 1 is 1.14 bits per heavy atom. The second-order valence-electron chi connectivity index (χ2n) is 6.95. The van der Waals surface area contributed by atoms with Crippen molar-refractivity contribution < 1.29 is 19.4 Å². The summed E-state index contributed by atoms with van der Waals surface area (Å²) in [6.07, 6.45) is 0.853. The number of alkyl carbamates (subject to hydrolysis) is 1. The Kier molecular flexibility index (Phi) is 4.99. The van der Waals surface area contributed by atoms with E-state index < -0.39 is 18.1 Å². The third-order valence-corrected chi connectivity index (χ3v) is 5.00. The van der Waals surface area contributed by atoms with E-state index in [2.05, 4.69) is 27.8 Å². The first-order valence-corrected chi connectivity index (χ1v) is 9.22. The van der Waals surface area contributed by atoms with Crippen molar-refractivity contribution in [2.24, 2.45) is 7.05 Å². The van der Waals surface area contributed by atoms with Crippen LogP contribution in [0.3, 0.4) is 0 Å². The second kappa shape index (κ2) is 7.75. The number of hydrogen-bond donors (Lipinski definition) is 2. The molecular formula is C21H20N4O4. The number of rotatable bonds is 6. The fourth-order valence-corrected chi connectivity index (χ4v) is 3.68. The average Bonchev–Trinajstić information content (AvgIpc) is 3.27. The third-order valence-electron chi connectivity index (χ3n) is 5.00. The molecule has 0 spiro atoms. The number of ether oxygens (including phenoxy) is 1. The zero-order valence-corrected chi connectivity index (χ0v) is 15.8. The van der Waals surface area contributed by atoms with Crippen LogP contribution in [0.2, 0.25) is 0 Å². The number of carboxylic acids is 1. The quantitative estimate of drug-likeness (QED) is 0.667. The van der Waals surface area contributed by atoms with Crippen LogP contribution in [-0.4, -0.2) is 44.8 Å². The summed E-state index contributed by atoms with van der Waals surface area (Å²) < 4.78 is 6.88. The fraction of sp³-hybridized carbons (Fsp3) is 0.238. The Morgan fingerprint density at radius 2 is 1.76 bits per heavy atom. The van der Waals surface area contributed by atoms with Crippen molar-refractivity contribution in [3.63, 3.8) is 0 Å². The molecule has 2 N–H and O–H groups in total. The van der Waals surface area contributed by atoms with Gasteiger partial charge in [-0.1, -0.05) is 53.7 Å². The maximum atomic E-state index is 12.3. The highest BCUT2D eigenvalue weighted by atomic mass is 16.5. The third kappa shape index (κ3) is 3.82. The van der Waals surface area contributed by atoms with Crippen molar-refractivity contribution in [3.8, 4) is 11.1 Å². The molecule has 1 aromatic heterocycles. The molecule has 0 fully saturated rings. The molecule has 8 nitrogen and oxygen atoms in total. The molecule has 148 valence electrons. The molecule has 1 unspecified atom stereocenters. The maximum Gasteiger partial charge on any atom is 0.407 e. The Hall–Kier alpha value is -3.68. The first-order chi connectivity index (χ1) is 14.0. The molecule has 0 saturated carbocycles. The highest BCUT2D eigenvalue weighted by Gasteiger charge is 2.30. The van der Waals surface area contributed by atoms with Crippen molar-refractivity contribution in [2.75, 3.05) is 6.61 Å². The van der Waals surface area contributed by atoms with Gasteiger partial charge < -0.3 is 15.2 Å². The Balaban J connectivity index is 1.43. The normalized spacial score (nSPS) is 13.4. The number of nitrogens with one attached hydrogen (secondary N) is 1. The molecule has 8 heteroatoms. The van der Waals surface area contributed by atoms with Crippen LogP contribution >= 0.6 is 0 Å². The van der Waals surface area contributed by atoms with Gasteiger partial charge in [0, 0.05) is 25.6 Å². The van der Waals surface area contributed by atoms with Crippen LogP contribution in [0.15, 0.2) is 54.7 Å². The van der Waals surface area contributed by atoms with Gasteiger partial charge in [-0.05, 0) is 22.3 Å². The number of aryl methyl sites for hydroxylation is 1. The van der Waals surface area contributed by atoms with Gasteiger partial charge in [-0.15, -0.1) is 5.10 Å². The van der Waals surface area contributed by atoms with E-state index in [1.165, 1.54) is 4.68 Å². The van der Waals surface area contributed by atoms with E-state index >= 15 is 0 Å². The van der Waals surface area contributed by atoms with Crippen molar-refractivity contribution in [2.45, 2.75) is 18.4 Å². The van der Waals surface area contributed by atoms with Crippen LogP contribution in [0, 0.1) is 0 Å². The van der Waals surface area contributed by atoms with Gasteiger partial charge in [0.1, 0.15) is 12.6 Å². The average molecular weight is 392 g/mol. The van der Waals surface area contributed by atoms with Crippen molar-refractivity contribution in [1.29, 1.82) is 0 Å². The number of aromatic nitrogens is 3. The maximum absolute atomic E-state index is 12.3. The fourth-order valence-electron chi connectivity index (χ4n) is 3.68. The van der Waals surface area contributed by atoms with Crippen molar-refractivity contribution >= 4 is 12.1 Å². The van der Waals surface area contributed by atoms with E-state index in [9.17, 15) is 14.7 Å². The van der Waals surface area contributed by atoms with Gasteiger partial charge >= 0.3 is 12.1 Å². The molecule has 1 amide bonds. The van der Waals surface area contributed by atoms with Crippen LogP contribution in [0.1, 0.15) is 22.7 Å². The van der Waals surface area contributed by atoms with Crippen LogP contribution < -0.4 is 5.32 Å². The van der Waals surface area contributed by atoms with Gasteiger partial charge in [0.25, 0.3) is 0 Å². The van der Waals surface area contributed by atoms with Gasteiger partial charge in [0.15, 0.2) is 0 Å². The van der Waals surface area contributed by atoms with Crippen LogP contribution in [0.5, 0.6) is 0 Å². The smallest absolute Gasteiger partial charge is 0.407 e. The van der Waals surface area contributed by atoms with E-state index in [1.54, 1.807) is 13.2 Å². The van der Waals surface area contributed by atoms with Crippen molar-refractivity contribution in [3.05, 3.63) is 71.5 Å². The predicted octanol–water partition coefficient (Wildman–Crippen LogP) is 2.35. The number of benzene rings is 2. The molecule has 0 radical (unpaired) electrons. The largest absolute Gasteiger partial charge is 0.480 e. The number of carbonyl (C=O) groups is 2. The van der Waals surface area contributed by atoms with E-state index in [4.69, 9.17) is 4.74 Å². The summed E-state index contributed by atoms with van der Waals surface area (Å²) in [5.41, 5.74) is 4.91. The minimum atomic E-state index is -1.16. The predicted molar refractivity (Wildman–Crippen MR) is 104 cm³/mol. The topological polar surface area (TPSA) is 106 Å². The number of carboxylic acid groups (broad SMARTS) is 1. The number of fused-ring (bicyclic) bond motifs is 3. The van der Waals surface area contributed by atoms with Crippen LogP contribution in [0.25, 0.3) is 11.1 Å². The molecular weight excluding hydrogens is 372 g/mol. The highest BCUT2D eigenvalue weighted by Crippen LogP contribution is 2.44. The number of nitrogens with zero attached hydrogens (tertiary/aromatic N) is 3. The van der Waals surface area contributed by atoms with E-state index in [-0.39, 0.29) is 18.9 Å². The number of aliphatic carboxylic acids is 1. The van der Waals surface area contributed by atoms with Gasteiger partial charge in [-0.25, -0.2) is 9.59 Å².